The fraction of sp³-hybridized carbons (Fsp3) is 0.474. The van der Waals surface area contributed by atoms with Gasteiger partial charge in [-0.3, -0.25) is 0 Å². The molecule has 0 N–H and O–H groups in total. The number of hydrogen-bond acceptors (Lipinski definition) is 8. The molecule has 29 heavy (non-hydrogen) atoms. The van der Waals surface area contributed by atoms with Crippen LogP contribution in [0.2, 0.25) is 0 Å². The van der Waals surface area contributed by atoms with Crippen LogP contribution in [0.1, 0.15) is 19.3 Å². The Labute approximate surface area is 169 Å². The molecule has 0 unspecified atom stereocenters. The lowest BCUT2D eigenvalue weighted by atomic mass is 10.1. The second-order valence-corrected chi connectivity index (χ2v) is 8.62. The normalized spacial score (nSPS) is 18.5. The SMILES string of the molecule is COC(=O)C1=C(C(=O)OC)N(c2cccc(S(=O)(=O)N3CCCCC3)c2)COC1. The Balaban J connectivity index is 2.02. The number of anilines is 1. The van der Waals surface area contributed by atoms with E-state index in [0.717, 1.165) is 19.3 Å². The van der Waals surface area contributed by atoms with Gasteiger partial charge in [0.15, 0.2) is 0 Å². The van der Waals surface area contributed by atoms with E-state index < -0.39 is 22.0 Å². The number of benzene rings is 1. The third kappa shape index (κ3) is 4.29. The highest BCUT2D eigenvalue weighted by atomic mass is 32.2. The predicted octanol–water partition coefficient (Wildman–Crippen LogP) is 1.26. The second-order valence-electron chi connectivity index (χ2n) is 6.68. The van der Waals surface area contributed by atoms with E-state index in [2.05, 4.69) is 0 Å². The summed E-state index contributed by atoms with van der Waals surface area (Å²) in [6.07, 6.45) is 2.67. The fourth-order valence-corrected chi connectivity index (χ4v) is 4.97. The van der Waals surface area contributed by atoms with Crippen molar-refractivity contribution in [3.63, 3.8) is 0 Å². The third-order valence-electron chi connectivity index (χ3n) is 4.92. The van der Waals surface area contributed by atoms with Crippen molar-refractivity contribution in [2.75, 3.05) is 45.5 Å². The van der Waals surface area contributed by atoms with Crippen molar-refractivity contribution in [1.82, 2.24) is 4.31 Å². The fourth-order valence-electron chi connectivity index (χ4n) is 3.41. The molecule has 2 aliphatic heterocycles. The highest BCUT2D eigenvalue weighted by Gasteiger charge is 2.33. The molecule has 0 amide bonds. The van der Waals surface area contributed by atoms with E-state index in [1.54, 1.807) is 12.1 Å². The lowest BCUT2D eigenvalue weighted by molar-refractivity contribution is -0.140. The first kappa shape index (κ1) is 21.3. The van der Waals surface area contributed by atoms with Crippen molar-refractivity contribution < 1.29 is 32.2 Å². The van der Waals surface area contributed by atoms with E-state index in [0.29, 0.717) is 18.8 Å². The lowest BCUT2D eigenvalue weighted by Crippen LogP contribution is -2.39. The smallest absolute Gasteiger partial charge is 0.355 e. The Morgan fingerprint density at radius 3 is 2.38 bits per heavy atom. The Morgan fingerprint density at radius 2 is 1.72 bits per heavy atom. The monoisotopic (exact) mass is 424 g/mol. The van der Waals surface area contributed by atoms with Gasteiger partial charge in [0, 0.05) is 18.8 Å². The van der Waals surface area contributed by atoms with Crippen molar-refractivity contribution in [3.8, 4) is 0 Å². The molecular weight excluding hydrogens is 400 g/mol. The molecule has 2 aliphatic rings. The van der Waals surface area contributed by atoms with E-state index in [4.69, 9.17) is 14.2 Å². The van der Waals surface area contributed by atoms with Crippen LogP contribution in [0.15, 0.2) is 40.4 Å². The summed E-state index contributed by atoms with van der Waals surface area (Å²) in [6, 6.07) is 6.21. The first-order valence-corrected chi connectivity index (χ1v) is 10.7. The minimum absolute atomic E-state index is 0.00916. The van der Waals surface area contributed by atoms with E-state index >= 15 is 0 Å². The molecule has 0 saturated carbocycles. The Hall–Kier alpha value is -2.43. The summed E-state index contributed by atoms with van der Waals surface area (Å²) >= 11 is 0. The van der Waals surface area contributed by atoms with Gasteiger partial charge in [-0.1, -0.05) is 12.5 Å². The Morgan fingerprint density at radius 1 is 1.03 bits per heavy atom. The summed E-state index contributed by atoms with van der Waals surface area (Å²) in [5, 5.41) is 0. The molecule has 1 aromatic carbocycles. The van der Waals surface area contributed by atoms with E-state index in [1.165, 1.54) is 35.6 Å². The first-order chi connectivity index (χ1) is 13.9. The molecule has 0 radical (unpaired) electrons. The summed E-state index contributed by atoms with van der Waals surface area (Å²) < 4.78 is 42.5. The maximum absolute atomic E-state index is 13.0. The molecule has 10 heteroatoms. The summed E-state index contributed by atoms with van der Waals surface area (Å²) in [5.74, 6) is -1.45. The van der Waals surface area contributed by atoms with Gasteiger partial charge in [-0.15, -0.1) is 0 Å². The zero-order valence-corrected chi connectivity index (χ0v) is 17.2. The minimum Gasteiger partial charge on any atom is -0.466 e. The van der Waals surface area contributed by atoms with Crippen LogP contribution in [0, 0.1) is 0 Å². The standard InChI is InChI=1S/C19H24N2O7S/c1-26-18(22)16-12-28-13-21(17(16)19(23)27-2)14-7-6-8-15(11-14)29(24,25)20-9-4-3-5-10-20/h6-8,11H,3-5,9-10,12-13H2,1-2H3. The highest BCUT2D eigenvalue weighted by molar-refractivity contribution is 7.89. The zero-order valence-electron chi connectivity index (χ0n) is 16.4. The highest BCUT2D eigenvalue weighted by Crippen LogP contribution is 2.30. The molecule has 0 atom stereocenters. The van der Waals surface area contributed by atoms with Gasteiger partial charge in [0.2, 0.25) is 10.0 Å². The Bertz CT molecular complexity index is 920. The maximum Gasteiger partial charge on any atom is 0.355 e. The number of rotatable bonds is 5. The van der Waals surface area contributed by atoms with Gasteiger partial charge in [0.1, 0.15) is 12.4 Å². The van der Waals surface area contributed by atoms with Crippen molar-refractivity contribution in [2.24, 2.45) is 0 Å². The minimum atomic E-state index is -3.66. The average Bonchev–Trinajstić information content (AvgIpc) is 2.78. The summed E-state index contributed by atoms with van der Waals surface area (Å²) in [4.78, 5) is 26.0. The molecule has 9 nitrogen and oxygen atoms in total. The van der Waals surface area contributed by atoms with Crippen molar-refractivity contribution in [2.45, 2.75) is 24.2 Å². The maximum atomic E-state index is 13.0. The van der Waals surface area contributed by atoms with Crippen LogP contribution in [-0.4, -0.2) is 65.3 Å². The molecule has 1 saturated heterocycles. The van der Waals surface area contributed by atoms with Crippen molar-refractivity contribution in [1.29, 1.82) is 0 Å². The van der Waals surface area contributed by atoms with E-state index in [1.807, 2.05) is 0 Å². The van der Waals surface area contributed by atoms with Gasteiger partial charge < -0.3 is 19.1 Å². The number of nitrogens with zero attached hydrogens (tertiary/aromatic N) is 2. The van der Waals surface area contributed by atoms with E-state index in [-0.39, 0.29) is 29.5 Å². The molecule has 0 aromatic heterocycles. The van der Waals surface area contributed by atoms with Gasteiger partial charge in [0.25, 0.3) is 0 Å². The number of esters is 2. The Kier molecular flexibility index (Phi) is 6.56. The molecule has 0 bridgehead atoms. The van der Waals surface area contributed by atoms with Gasteiger partial charge in [-0.2, -0.15) is 4.31 Å². The van der Waals surface area contributed by atoms with Crippen molar-refractivity contribution in [3.05, 3.63) is 35.5 Å². The zero-order chi connectivity index (χ0) is 21.0. The average molecular weight is 424 g/mol. The molecule has 2 heterocycles. The molecule has 3 rings (SSSR count). The lowest BCUT2D eigenvalue weighted by Gasteiger charge is -2.32. The summed E-state index contributed by atoms with van der Waals surface area (Å²) in [6.45, 7) is 0.815. The quantitative estimate of drug-likeness (QED) is 0.651. The van der Waals surface area contributed by atoms with Gasteiger partial charge in [-0.25, -0.2) is 18.0 Å². The molecule has 0 aliphatic carbocycles. The first-order valence-electron chi connectivity index (χ1n) is 9.25. The van der Waals surface area contributed by atoms with Gasteiger partial charge in [-0.05, 0) is 31.0 Å². The molecular formula is C19H24N2O7S. The topological polar surface area (TPSA) is 102 Å². The van der Waals surface area contributed by atoms with Crippen LogP contribution in [0.4, 0.5) is 5.69 Å². The van der Waals surface area contributed by atoms with Crippen LogP contribution >= 0.6 is 0 Å². The van der Waals surface area contributed by atoms with Crippen LogP contribution in [0.3, 0.4) is 0 Å². The van der Waals surface area contributed by atoms with Crippen LogP contribution < -0.4 is 4.90 Å². The number of hydrogen-bond donors (Lipinski definition) is 0. The van der Waals surface area contributed by atoms with Gasteiger partial charge in [0.05, 0.1) is 31.3 Å². The number of carbonyl (C=O) groups is 2. The number of methoxy groups -OCH3 is 2. The van der Waals surface area contributed by atoms with Crippen molar-refractivity contribution >= 4 is 27.6 Å². The molecule has 158 valence electrons. The number of piperidine rings is 1. The molecule has 1 aromatic rings. The largest absolute Gasteiger partial charge is 0.466 e. The third-order valence-corrected chi connectivity index (χ3v) is 6.81. The molecule has 0 spiro atoms. The van der Waals surface area contributed by atoms with Crippen LogP contribution in [0.25, 0.3) is 0 Å². The summed E-state index contributed by atoms with van der Waals surface area (Å²) in [5.41, 5.74) is 0.373. The second kappa shape index (κ2) is 8.93. The number of sulfonamides is 1. The van der Waals surface area contributed by atoms with Gasteiger partial charge >= 0.3 is 11.9 Å². The number of ether oxygens (including phenoxy) is 3. The summed E-state index contributed by atoms with van der Waals surface area (Å²) in [7, 11) is -1.25. The predicted molar refractivity (Wildman–Crippen MR) is 103 cm³/mol. The molecule has 1 fully saturated rings. The number of carbonyl (C=O) groups excluding carboxylic acids is 2. The van der Waals surface area contributed by atoms with E-state index in [9.17, 15) is 18.0 Å². The van der Waals surface area contributed by atoms with Crippen LogP contribution in [-0.2, 0) is 33.8 Å². The van der Waals surface area contributed by atoms with Crippen LogP contribution in [0.5, 0.6) is 0 Å².